The first-order chi connectivity index (χ1) is 14.3. The second-order valence-electron chi connectivity index (χ2n) is 7.60. The Morgan fingerprint density at radius 1 is 0.793 bits per heavy atom. The van der Waals surface area contributed by atoms with E-state index in [4.69, 9.17) is 4.74 Å². The zero-order valence-corrected chi connectivity index (χ0v) is 17.5. The standard InChI is InChI=1S/C26H32N2O/c1-2-3-4-5-6-7-8-11-22-14-16-25(17-15-22)29-26-13-10-9-12-23(26)20-24-21-27-18-19-28-24/h9-10,12-19,21H,2-8,11,20H2,1H3. The van der Waals surface area contributed by atoms with Gasteiger partial charge in [-0.15, -0.1) is 0 Å². The van der Waals surface area contributed by atoms with Crippen LogP contribution in [0.1, 0.15) is 68.7 Å². The number of aryl methyl sites for hydroxylation is 1. The SMILES string of the molecule is CCCCCCCCCc1ccc(Oc2ccccc2Cc2cnccn2)cc1. The van der Waals surface area contributed by atoms with Gasteiger partial charge in [-0.1, -0.05) is 75.8 Å². The smallest absolute Gasteiger partial charge is 0.131 e. The van der Waals surface area contributed by atoms with Gasteiger partial charge in [-0.05, 0) is 36.6 Å². The van der Waals surface area contributed by atoms with Crippen LogP contribution in [-0.4, -0.2) is 9.97 Å². The molecule has 0 aliphatic carbocycles. The second-order valence-corrected chi connectivity index (χ2v) is 7.60. The Labute approximate surface area is 175 Å². The van der Waals surface area contributed by atoms with Crippen molar-refractivity contribution in [3.63, 3.8) is 0 Å². The lowest BCUT2D eigenvalue weighted by Gasteiger charge is -2.11. The zero-order chi connectivity index (χ0) is 20.2. The van der Waals surface area contributed by atoms with Crippen molar-refractivity contribution in [1.29, 1.82) is 0 Å². The Kier molecular flexibility index (Phi) is 8.71. The summed E-state index contributed by atoms with van der Waals surface area (Å²) in [4.78, 5) is 8.52. The topological polar surface area (TPSA) is 35.0 Å². The van der Waals surface area contributed by atoms with E-state index in [9.17, 15) is 0 Å². The molecule has 29 heavy (non-hydrogen) atoms. The fourth-order valence-corrected chi connectivity index (χ4v) is 3.50. The predicted molar refractivity (Wildman–Crippen MR) is 119 cm³/mol. The van der Waals surface area contributed by atoms with Gasteiger partial charge in [-0.3, -0.25) is 9.97 Å². The van der Waals surface area contributed by atoms with E-state index in [0.717, 1.165) is 29.2 Å². The summed E-state index contributed by atoms with van der Waals surface area (Å²) in [5.41, 5.74) is 3.44. The molecule has 1 aromatic heterocycles. The van der Waals surface area contributed by atoms with Gasteiger partial charge in [0.05, 0.1) is 5.69 Å². The fourth-order valence-electron chi connectivity index (χ4n) is 3.50. The minimum Gasteiger partial charge on any atom is -0.457 e. The molecule has 0 spiro atoms. The summed E-state index contributed by atoms with van der Waals surface area (Å²) in [6.07, 6.45) is 16.5. The molecule has 0 saturated carbocycles. The van der Waals surface area contributed by atoms with Crippen molar-refractivity contribution in [3.8, 4) is 11.5 Å². The number of hydrogen-bond donors (Lipinski definition) is 0. The Bertz CT molecular complexity index is 831. The molecular weight excluding hydrogens is 356 g/mol. The molecule has 0 bridgehead atoms. The summed E-state index contributed by atoms with van der Waals surface area (Å²) in [7, 11) is 0. The maximum atomic E-state index is 6.17. The van der Waals surface area contributed by atoms with Gasteiger partial charge in [0.2, 0.25) is 0 Å². The van der Waals surface area contributed by atoms with E-state index in [1.165, 1.54) is 50.5 Å². The molecule has 3 heteroatoms. The summed E-state index contributed by atoms with van der Waals surface area (Å²) in [6, 6.07) is 16.7. The number of unbranched alkanes of at least 4 members (excludes halogenated alkanes) is 6. The molecule has 0 unspecified atom stereocenters. The van der Waals surface area contributed by atoms with Gasteiger partial charge in [0.15, 0.2) is 0 Å². The van der Waals surface area contributed by atoms with Crippen molar-refractivity contribution in [2.24, 2.45) is 0 Å². The molecule has 3 rings (SSSR count). The minimum atomic E-state index is 0.709. The van der Waals surface area contributed by atoms with Gasteiger partial charge < -0.3 is 4.74 Å². The summed E-state index contributed by atoms with van der Waals surface area (Å²) < 4.78 is 6.17. The van der Waals surface area contributed by atoms with Crippen molar-refractivity contribution in [2.75, 3.05) is 0 Å². The summed E-state index contributed by atoms with van der Waals surface area (Å²) in [6.45, 7) is 2.27. The summed E-state index contributed by atoms with van der Waals surface area (Å²) >= 11 is 0. The van der Waals surface area contributed by atoms with E-state index < -0.39 is 0 Å². The number of hydrogen-bond acceptors (Lipinski definition) is 3. The van der Waals surface area contributed by atoms with Crippen molar-refractivity contribution < 1.29 is 4.74 Å². The Morgan fingerprint density at radius 3 is 2.31 bits per heavy atom. The highest BCUT2D eigenvalue weighted by Gasteiger charge is 2.07. The lowest BCUT2D eigenvalue weighted by molar-refractivity contribution is 0.477. The first-order valence-corrected chi connectivity index (χ1v) is 10.9. The number of aromatic nitrogens is 2. The maximum absolute atomic E-state index is 6.17. The van der Waals surface area contributed by atoms with Gasteiger partial charge in [-0.25, -0.2) is 0 Å². The molecule has 0 atom stereocenters. The Morgan fingerprint density at radius 2 is 1.55 bits per heavy atom. The van der Waals surface area contributed by atoms with E-state index in [-0.39, 0.29) is 0 Å². The van der Waals surface area contributed by atoms with Crippen LogP contribution >= 0.6 is 0 Å². The lowest BCUT2D eigenvalue weighted by atomic mass is 10.0. The van der Waals surface area contributed by atoms with Gasteiger partial charge >= 0.3 is 0 Å². The van der Waals surface area contributed by atoms with Crippen LogP contribution in [-0.2, 0) is 12.8 Å². The molecule has 3 aromatic rings. The first-order valence-electron chi connectivity index (χ1n) is 10.9. The molecule has 0 amide bonds. The van der Waals surface area contributed by atoms with Gasteiger partial charge in [-0.2, -0.15) is 0 Å². The van der Waals surface area contributed by atoms with Crippen LogP contribution in [0.2, 0.25) is 0 Å². The van der Waals surface area contributed by atoms with E-state index >= 15 is 0 Å². The van der Waals surface area contributed by atoms with Gasteiger partial charge in [0, 0.05) is 30.6 Å². The maximum Gasteiger partial charge on any atom is 0.131 e. The first kappa shape index (κ1) is 21.0. The van der Waals surface area contributed by atoms with Crippen LogP contribution in [0.25, 0.3) is 0 Å². The Hall–Kier alpha value is -2.68. The summed E-state index contributed by atoms with van der Waals surface area (Å²) in [5, 5.41) is 0. The molecule has 0 fully saturated rings. The third-order valence-electron chi connectivity index (χ3n) is 5.18. The number of ether oxygens (including phenoxy) is 1. The molecule has 3 nitrogen and oxygen atoms in total. The molecule has 0 saturated heterocycles. The molecule has 2 aromatic carbocycles. The molecule has 1 heterocycles. The third kappa shape index (κ3) is 7.34. The highest BCUT2D eigenvalue weighted by molar-refractivity contribution is 5.40. The van der Waals surface area contributed by atoms with Gasteiger partial charge in [0.25, 0.3) is 0 Å². The van der Waals surface area contributed by atoms with Crippen LogP contribution in [0.5, 0.6) is 11.5 Å². The lowest BCUT2D eigenvalue weighted by Crippen LogP contribution is -1.96. The highest BCUT2D eigenvalue weighted by Crippen LogP contribution is 2.27. The number of para-hydroxylation sites is 1. The van der Waals surface area contributed by atoms with Crippen molar-refractivity contribution in [3.05, 3.63) is 83.9 Å². The number of nitrogens with zero attached hydrogens (tertiary/aromatic N) is 2. The van der Waals surface area contributed by atoms with Crippen LogP contribution in [0.3, 0.4) is 0 Å². The number of benzene rings is 2. The average molecular weight is 389 g/mol. The number of rotatable bonds is 12. The monoisotopic (exact) mass is 388 g/mol. The zero-order valence-electron chi connectivity index (χ0n) is 17.5. The molecule has 152 valence electrons. The quantitative estimate of drug-likeness (QED) is 0.309. The van der Waals surface area contributed by atoms with E-state index in [1.807, 2.05) is 18.2 Å². The largest absolute Gasteiger partial charge is 0.457 e. The predicted octanol–water partition coefficient (Wildman–Crippen LogP) is 7.15. The Balaban J connectivity index is 1.50. The van der Waals surface area contributed by atoms with E-state index in [1.54, 1.807) is 18.6 Å². The normalized spacial score (nSPS) is 10.8. The fraction of sp³-hybridized carbons (Fsp3) is 0.385. The molecule has 0 radical (unpaired) electrons. The van der Waals surface area contributed by atoms with Crippen LogP contribution in [0.15, 0.2) is 67.1 Å². The molecular formula is C26H32N2O. The average Bonchev–Trinajstić information content (AvgIpc) is 2.76. The molecule has 0 N–H and O–H groups in total. The van der Waals surface area contributed by atoms with Crippen molar-refractivity contribution in [1.82, 2.24) is 9.97 Å². The van der Waals surface area contributed by atoms with E-state index in [2.05, 4.69) is 47.2 Å². The highest BCUT2D eigenvalue weighted by atomic mass is 16.5. The van der Waals surface area contributed by atoms with Crippen LogP contribution in [0.4, 0.5) is 0 Å². The van der Waals surface area contributed by atoms with Crippen LogP contribution < -0.4 is 4.74 Å². The summed E-state index contributed by atoms with van der Waals surface area (Å²) in [5.74, 6) is 1.75. The van der Waals surface area contributed by atoms with Crippen molar-refractivity contribution >= 4 is 0 Å². The minimum absolute atomic E-state index is 0.709. The molecule has 0 aliphatic rings. The third-order valence-corrected chi connectivity index (χ3v) is 5.18. The van der Waals surface area contributed by atoms with E-state index in [0.29, 0.717) is 6.42 Å². The van der Waals surface area contributed by atoms with Crippen molar-refractivity contribution in [2.45, 2.75) is 64.7 Å². The molecule has 0 aliphatic heterocycles. The second kappa shape index (κ2) is 12.0. The van der Waals surface area contributed by atoms with Gasteiger partial charge in [0.1, 0.15) is 11.5 Å². The van der Waals surface area contributed by atoms with Crippen LogP contribution in [0, 0.1) is 0 Å².